The molecular formula is C14H15NO2S3. The molecular weight excluding hydrogens is 310 g/mol. The first-order valence-corrected chi connectivity index (χ1v) is 9.14. The third kappa shape index (κ3) is 4.86. The van der Waals surface area contributed by atoms with Crippen LogP contribution in [-0.2, 0) is 15.4 Å². The van der Waals surface area contributed by atoms with Gasteiger partial charge in [0.05, 0.1) is 7.11 Å². The lowest BCUT2D eigenvalue weighted by molar-refractivity contribution is 0.449. The zero-order valence-corrected chi connectivity index (χ0v) is 13.6. The smallest absolute Gasteiger partial charge is 0.261 e. The van der Waals surface area contributed by atoms with Crippen molar-refractivity contribution >= 4 is 38.5 Å². The van der Waals surface area contributed by atoms with Gasteiger partial charge in [-0.25, -0.2) is 4.21 Å². The van der Waals surface area contributed by atoms with E-state index < -0.39 is 11.3 Å². The average molecular weight is 325 g/mol. The third-order valence-electron chi connectivity index (χ3n) is 2.46. The van der Waals surface area contributed by atoms with Gasteiger partial charge >= 0.3 is 0 Å². The van der Waals surface area contributed by atoms with Gasteiger partial charge in [0.15, 0.2) is 0 Å². The number of nitrogens with one attached hydrogen (secondary N) is 1. The molecule has 0 fully saturated rings. The minimum Gasteiger partial charge on any atom is -0.282 e. The van der Waals surface area contributed by atoms with Crippen molar-refractivity contribution in [3.05, 3.63) is 54.1 Å². The number of benzene rings is 2. The lowest BCUT2D eigenvalue weighted by Gasteiger charge is -2.05. The molecule has 1 N–H and O–H groups in total. The van der Waals surface area contributed by atoms with Crippen molar-refractivity contribution in [1.29, 1.82) is 0 Å². The van der Waals surface area contributed by atoms with Gasteiger partial charge in [-0.15, -0.1) is 0 Å². The van der Waals surface area contributed by atoms with Gasteiger partial charge in [0.25, 0.3) is 11.3 Å². The second-order valence-corrected chi connectivity index (χ2v) is 7.29. The van der Waals surface area contributed by atoms with Gasteiger partial charge in [0, 0.05) is 15.5 Å². The van der Waals surface area contributed by atoms with Crippen molar-refractivity contribution < 1.29 is 8.39 Å². The molecule has 0 saturated heterocycles. The highest BCUT2D eigenvalue weighted by Gasteiger charge is 2.00. The van der Waals surface area contributed by atoms with Gasteiger partial charge in [-0.1, -0.05) is 39.3 Å². The summed E-state index contributed by atoms with van der Waals surface area (Å²) >= 11 is -1.48. The second kappa shape index (κ2) is 7.73. The van der Waals surface area contributed by atoms with E-state index in [-0.39, 0.29) is 0 Å². The summed E-state index contributed by atoms with van der Waals surface area (Å²) in [6, 6.07) is 16.2. The molecule has 0 radical (unpaired) electrons. The Labute approximate surface area is 129 Å². The number of hydrogen-bond acceptors (Lipinski definition) is 4. The molecule has 2 aromatic rings. The SMILES string of the molecule is COS(=O)Nc1ccc(SSc2ccc(C)cc2)cc1. The summed E-state index contributed by atoms with van der Waals surface area (Å²) in [7, 11) is 4.81. The summed E-state index contributed by atoms with van der Waals surface area (Å²) in [5.74, 6) is 0. The Bertz CT molecular complexity index is 570. The van der Waals surface area contributed by atoms with E-state index in [9.17, 15) is 4.21 Å². The molecule has 6 heteroatoms. The zero-order chi connectivity index (χ0) is 14.4. The first-order chi connectivity index (χ1) is 9.67. The van der Waals surface area contributed by atoms with Gasteiger partial charge in [-0.2, -0.15) is 0 Å². The molecule has 1 atom stereocenters. The predicted octanol–water partition coefficient (Wildman–Crippen LogP) is 4.43. The minimum atomic E-state index is -1.48. The summed E-state index contributed by atoms with van der Waals surface area (Å²) in [5.41, 5.74) is 2.04. The van der Waals surface area contributed by atoms with Gasteiger partial charge in [0.2, 0.25) is 0 Å². The standard InChI is InChI=1S/C14H15NO2S3/c1-11-3-7-13(8-4-11)18-19-14-9-5-12(6-10-14)15-20(16)17-2/h3-10,15H,1-2H3. The van der Waals surface area contributed by atoms with E-state index >= 15 is 0 Å². The van der Waals surface area contributed by atoms with Crippen LogP contribution in [0.25, 0.3) is 0 Å². The summed E-state index contributed by atoms with van der Waals surface area (Å²) in [5, 5.41) is 0. The molecule has 0 amide bonds. The van der Waals surface area contributed by atoms with Crippen molar-refractivity contribution in [3.8, 4) is 0 Å². The topological polar surface area (TPSA) is 38.3 Å². The largest absolute Gasteiger partial charge is 0.282 e. The van der Waals surface area contributed by atoms with E-state index in [2.05, 4.69) is 40.1 Å². The molecule has 0 aliphatic rings. The van der Waals surface area contributed by atoms with E-state index in [4.69, 9.17) is 0 Å². The maximum atomic E-state index is 11.2. The van der Waals surface area contributed by atoms with Crippen LogP contribution in [0.4, 0.5) is 5.69 Å². The molecule has 0 heterocycles. The molecule has 2 rings (SSSR count). The van der Waals surface area contributed by atoms with Gasteiger partial charge in [-0.3, -0.25) is 8.91 Å². The van der Waals surface area contributed by atoms with Crippen molar-refractivity contribution in [1.82, 2.24) is 0 Å². The highest BCUT2D eigenvalue weighted by Crippen LogP contribution is 2.37. The van der Waals surface area contributed by atoms with Crippen LogP contribution in [0.3, 0.4) is 0 Å². The Morgan fingerprint density at radius 1 is 0.950 bits per heavy atom. The Balaban J connectivity index is 1.90. The summed E-state index contributed by atoms with van der Waals surface area (Å²) in [4.78, 5) is 2.37. The van der Waals surface area contributed by atoms with Crippen LogP contribution in [0.1, 0.15) is 5.56 Å². The van der Waals surface area contributed by atoms with Gasteiger partial charge < -0.3 is 0 Å². The molecule has 3 nitrogen and oxygen atoms in total. The molecule has 0 spiro atoms. The maximum Gasteiger partial charge on any atom is 0.261 e. The fraction of sp³-hybridized carbons (Fsp3) is 0.143. The predicted molar refractivity (Wildman–Crippen MR) is 88.1 cm³/mol. The first kappa shape index (κ1) is 15.4. The number of aryl methyl sites for hydroxylation is 1. The molecule has 0 aliphatic carbocycles. The number of hydrogen-bond donors (Lipinski definition) is 1. The van der Waals surface area contributed by atoms with Crippen LogP contribution in [0.5, 0.6) is 0 Å². The normalized spacial score (nSPS) is 12.1. The van der Waals surface area contributed by atoms with E-state index in [0.29, 0.717) is 0 Å². The summed E-state index contributed by atoms with van der Waals surface area (Å²) in [6.45, 7) is 2.08. The van der Waals surface area contributed by atoms with Crippen LogP contribution in [0, 0.1) is 6.92 Å². The van der Waals surface area contributed by atoms with E-state index in [1.54, 1.807) is 21.6 Å². The number of anilines is 1. The first-order valence-electron chi connectivity index (χ1n) is 5.91. The summed E-state index contributed by atoms with van der Waals surface area (Å²) in [6.07, 6.45) is 0. The molecule has 106 valence electrons. The van der Waals surface area contributed by atoms with E-state index in [0.717, 1.165) is 10.6 Å². The van der Waals surface area contributed by atoms with Crippen LogP contribution in [0.2, 0.25) is 0 Å². The van der Waals surface area contributed by atoms with Crippen molar-refractivity contribution in [3.63, 3.8) is 0 Å². The zero-order valence-electron chi connectivity index (χ0n) is 11.2. The van der Waals surface area contributed by atoms with Crippen LogP contribution in [0.15, 0.2) is 58.3 Å². The molecule has 20 heavy (non-hydrogen) atoms. The Morgan fingerprint density at radius 2 is 1.45 bits per heavy atom. The lowest BCUT2D eigenvalue weighted by atomic mass is 10.2. The Morgan fingerprint density at radius 3 is 1.95 bits per heavy atom. The van der Waals surface area contributed by atoms with Crippen LogP contribution < -0.4 is 4.72 Å². The highest BCUT2D eigenvalue weighted by molar-refractivity contribution is 8.76. The molecule has 0 aromatic heterocycles. The van der Waals surface area contributed by atoms with Crippen molar-refractivity contribution in [2.24, 2.45) is 0 Å². The second-order valence-electron chi connectivity index (χ2n) is 4.01. The summed E-state index contributed by atoms with van der Waals surface area (Å²) < 4.78 is 18.6. The monoisotopic (exact) mass is 325 g/mol. The Hall–Kier alpha value is -0.950. The van der Waals surface area contributed by atoms with Crippen molar-refractivity contribution in [2.75, 3.05) is 11.8 Å². The van der Waals surface area contributed by atoms with E-state index in [1.165, 1.54) is 17.6 Å². The molecule has 1 unspecified atom stereocenters. The quantitative estimate of drug-likeness (QED) is 0.797. The maximum absolute atomic E-state index is 11.2. The van der Waals surface area contributed by atoms with Crippen molar-refractivity contribution in [2.45, 2.75) is 16.7 Å². The molecule has 0 saturated carbocycles. The van der Waals surface area contributed by atoms with Crippen LogP contribution >= 0.6 is 21.6 Å². The lowest BCUT2D eigenvalue weighted by Crippen LogP contribution is -2.04. The highest BCUT2D eigenvalue weighted by atomic mass is 33.1. The molecule has 0 bridgehead atoms. The molecule has 2 aromatic carbocycles. The van der Waals surface area contributed by atoms with E-state index in [1.807, 2.05) is 24.3 Å². The van der Waals surface area contributed by atoms with Gasteiger partial charge in [0.1, 0.15) is 0 Å². The third-order valence-corrected chi connectivity index (χ3v) is 5.58. The minimum absolute atomic E-state index is 0.773. The van der Waals surface area contributed by atoms with Gasteiger partial charge in [-0.05, 0) is 43.3 Å². The number of rotatable bonds is 6. The average Bonchev–Trinajstić information content (AvgIpc) is 2.48. The van der Waals surface area contributed by atoms with Crippen LogP contribution in [-0.4, -0.2) is 11.3 Å². The Kier molecular flexibility index (Phi) is 5.97. The fourth-order valence-corrected chi connectivity index (χ4v) is 3.75. The fourth-order valence-electron chi connectivity index (χ4n) is 1.41. The molecule has 0 aliphatic heterocycles.